The lowest BCUT2D eigenvalue weighted by atomic mass is 10.1. The molecule has 4 nitrogen and oxygen atoms in total. The maximum atomic E-state index is 5.77. The Morgan fingerprint density at radius 2 is 1.89 bits per heavy atom. The third-order valence-electron chi connectivity index (χ3n) is 3.30. The highest BCUT2D eigenvalue weighted by atomic mass is 15.4. The van der Waals surface area contributed by atoms with Gasteiger partial charge in [0.1, 0.15) is 5.69 Å². The van der Waals surface area contributed by atoms with Crippen molar-refractivity contribution in [1.29, 1.82) is 0 Å². The summed E-state index contributed by atoms with van der Waals surface area (Å²) in [4.78, 5) is 0. The monoisotopic (exact) mass is 258 g/mol. The standard InChI is InChI=1S/C15H22N4/c1-3-4-5-10-19-15(14(11-16)17-18-19)13-8-6-12(2)7-9-13/h6-9H,3-5,10-11,16H2,1-2H3. The molecular formula is C15H22N4. The van der Waals surface area contributed by atoms with Crippen LogP contribution in [0.15, 0.2) is 24.3 Å². The Morgan fingerprint density at radius 1 is 1.16 bits per heavy atom. The van der Waals surface area contributed by atoms with E-state index in [4.69, 9.17) is 5.73 Å². The predicted molar refractivity (Wildman–Crippen MR) is 77.6 cm³/mol. The van der Waals surface area contributed by atoms with E-state index in [0.29, 0.717) is 6.54 Å². The van der Waals surface area contributed by atoms with Gasteiger partial charge in [0, 0.05) is 18.7 Å². The SMILES string of the molecule is CCCCCn1nnc(CN)c1-c1ccc(C)cc1. The first-order chi connectivity index (χ1) is 9.26. The largest absolute Gasteiger partial charge is 0.325 e. The van der Waals surface area contributed by atoms with Crippen molar-refractivity contribution in [3.63, 3.8) is 0 Å². The van der Waals surface area contributed by atoms with Crippen LogP contribution in [0.3, 0.4) is 0 Å². The minimum atomic E-state index is 0.428. The molecule has 0 unspecified atom stereocenters. The third kappa shape index (κ3) is 3.20. The van der Waals surface area contributed by atoms with Gasteiger partial charge in [-0.15, -0.1) is 5.10 Å². The molecule has 0 radical (unpaired) electrons. The fourth-order valence-corrected chi connectivity index (χ4v) is 2.18. The summed E-state index contributed by atoms with van der Waals surface area (Å²) in [6.45, 7) is 5.62. The molecule has 0 amide bonds. The highest BCUT2D eigenvalue weighted by Crippen LogP contribution is 2.23. The van der Waals surface area contributed by atoms with Crippen LogP contribution in [0.5, 0.6) is 0 Å². The maximum absolute atomic E-state index is 5.77. The molecule has 0 aliphatic carbocycles. The molecule has 0 atom stereocenters. The summed E-state index contributed by atoms with van der Waals surface area (Å²) < 4.78 is 1.99. The Bertz CT molecular complexity index is 513. The average molecular weight is 258 g/mol. The molecule has 0 fully saturated rings. The van der Waals surface area contributed by atoms with Gasteiger partial charge in [-0.25, -0.2) is 4.68 Å². The number of benzene rings is 1. The molecule has 1 aromatic carbocycles. The van der Waals surface area contributed by atoms with Crippen LogP contribution in [0.4, 0.5) is 0 Å². The maximum Gasteiger partial charge on any atom is 0.104 e. The van der Waals surface area contributed by atoms with E-state index in [1.165, 1.54) is 18.4 Å². The third-order valence-corrected chi connectivity index (χ3v) is 3.30. The molecule has 1 aromatic heterocycles. The van der Waals surface area contributed by atoms with Crippen molar-refractivity contribution in [3.05, 3.63) is 35.5 Å². The van der Waals surface area contributed by atoms with E-state index in [1.54, 1.807) is 0 Å². The van der Waals surface area contributed by atoms with Gasteiger partial charge in [0.15, 0.2) is 0 Å². The molecule has 0 aliphatic heterocycles. The summed E-state index contributed by atoms with van der Waals surface area (Å²) in [5.74, 6) is 0. The number of hydrogen-bond donors (Lipinski definition) is 1. The van der Waals surface area contributed by atoms with Crippen molar-refractivity contribution in [2.75, 3.05) is 0 Å². The summed E-state index contributed by atoms with van der Waals surface area (Å²) in [6.07, 6.45) is 3.55. The van der Waals surface area contributed by atoms with Crippen molar-refractivity contribution in [3.8, 4) is 11.3 Å². The molecule has 4 heteroatoms. The molecule has 2 N–H and O–H groups in total. The molecule has 19 heavy (non-hydrogen) atoms. The van der Waals surface area contributed by atoms with Crippen LogP contribution < -0.4 is 5.73 Å². The summed E-state index contributed by atoms with van der Waals surface area (Å²) in [5.41, 5.74) is 10.1. The van der Waals surface area contributed by atoms with E-state index < -0.39 is 0 Å². The molecule has 2 rings (SSSR count). The number of aromatic nitrogens is 3. The van der Waals surface area contributed by atoms with Crippen LogP contribution in [0.1, 0.15) is 37.4 Å². The Hall–Kier alpha value is -1.68. The molecule has 102 valence electrons. The minimum absolute atomic E-state index is 0.428. The number of aryl methyl sites for hydroxylation is 2. The topological polar surface area (TPSA) is 56.7 Å². The van der Waals surface area contributed by atoms with E-state index in [0.717, 1.165) is 29.9 Å². The summed E-state index contributed by atoms with van der Waals surface area (Å²) in [6, 6.07) is 8.45. The normalized spacial score (nSPS) is 10.9. The number of nitrogens with zero attached hydrogens (tertiary/aromatic N) is 3. The zero-order chi connectivity index (χ0) is 13.7. The summed E-state index contributed by atoms with van der Waals surface area (Å²) in [5, 5.41) is 8.44. The van der Waals surface area contributed by atoms with Gasteiger partial charge in [-0.3, -0.25) is 0 Å². The predicted octanol–water partition coefficient (Wildman–Crippen LogP) is 2.90. The second-order valence-corrected chi connectivity index (χ2v) is 4.89. The van der Waals surface area contributed by atoms with Crippen molar-refractivity contribution in [2.45, 2.75) is 46.2 Å². The van der Waals surface area contributed by atoms with E-state index in [9.17, 15) is 0 Å². The van der Waals surface area contributed by atoms with Crippen LogP contribution in [0.2, 0.25) is 0 Å². The zero-order valence-corrected chi connectivity index (χ0v) is 11.8. The Morgan fingerprint density at radius 3 is 2.53 bits per heavy atom. The van der Waals surface area contributed by atoms with Gasteiger partial charge >= 0.3 is 0 Å². The lowest BCUT2D eigenvalue weighted by Crippen LogP contribution is -2.04. The Labute approximate surface area is 114 Å². The smallest absolute Gasteiger partial charge is 0.104 e. The first-order valence-corrected chi connectivity index (χ1v) is 6.95. The van der Waals surface area contributed by atoms with E-state index in [-0.39, 0.29) is 0 Å². The van der Waals surface area contributed by atoms with Crippen LogP contribution >= 0.6 is 0 Å². The lowest BCUT2D eigenvalue weighted by Gasteiger charge is -2.08. The van der Waals surface area contributed by atoms with Crippen molar-refractivity contribution < 1.29 is 0 Å². The second kappa shape index (κ2) is 6.48. The van der Waals surface area contributed by atoms with Gasteiger partial charge < -0.3 is 5.73 Å². The van der Waals surface area contributed by atoms with Crippen LogP contribution in [0.25, 0.3) is 11.3 Å². The van der Waals surface area contributed by atoms with Gasteiger partial charge in [0.05, 0.1) is 5.69 Å². The zero-order valence-electron chi connectivity index (χ0n) is 11.8. The van der Waals surface area contributed by atoms with Crippen LogP contribution in [0, 0.1) is 6.92 Å². The molecule has 0 saturated carbocycles. The van der Waals surface area contributed by atoms with Gasteiger partial charge in [0.25, 0.3) is 0 Å². The molecule has 2 aromatic rings. The highest BCUT2D eigenvalue weighted by Gasteiger charge is 2.13. The van der Waals surface area contributed by atoms with Crippen LogP contribution in [-0.2, 0) is 13.1 Å². The first-order valence-electron chi connectivity index (χ1n) is 6.95. The number of hydrogen-bond acceptors (Lipinski definition) is 3. The van der Waals surface area contributed by atoms with Crippen molar-refractivity contribution in [2.24, 2.45) is 5.73 Å². The first kappa shape index (κ1) is 13.7. The summed E-state index contributed by atoms with van der Waals surface area (Å²) in [7, 11) is 0. The molecule has 0 saturated heterocycles. The second-order valence-electron chi connectivity index (χ2n) is 4.89. The summed E-state index contributed by atoms with van der Waals surface area (Å²) >= 11 is 0. The molecule has 1 heterocycles. The van der Waals surface area contributed by atoms with Gasteiger partial charge in [-0.1, -0.05) is 54.8 Å². The molecular weight excluding hydrogens is 236 g/mol. The number of rotatable bonds is 6. The number of nitrogens with two attached hydrogens (primary N) is 1. The van der Waals surface area contributed by atoms with Gasteiger partial charge in [-0.05, 0) is 13.3 Å². The van der Waals surface area contributed by atoms with Crippen molar-refractivity contribution in [1.82, 2.24) is 15.0 Å². The number of unbranched alkanes of at least 4 members (excludes halogenated alkanes) is 2. The van der Waals surface area contributed by atoms with Crippen molar-refractivity contribution >= 4 is 0 Å². The van der Waals surface area contributed by atoms with Gasteiger partial charge in [-0.2, -0.15) is 0 Å². The quantitative estimate of drug-likeness (QED) is 0.810. The Balaban J connectivity index is 2.30. The Kier molecular flexibility index (Phi) is 4.68. The molecule has 0 bridgehead atoms. The van der Waals surface area contributed by atoms with Crippen LogP contribution in [-0.4, -0.2) is 15.0 Å². The fraction of sp³-hybridized carbons (Fsp3) is 0.467. The molecule has 0 spiro atoms. The van der Waals surface area contributed by atoms with E-state index >= 15 is 0 Å². The molecule has 0 aliphatic rings. The fourth-order valence-electron chi connectivity index (χ4n) is 2.18. The lowest BCUT2D eigenvalue weighted by molar-refractivity contribution is 0.541. The highest BCUT2D eigenvalue weighted by molar-refractivity contribution is 5.62. The average Bonchev–Trinajstić information content (AvgIpc) is 2.83. The van der Waals surface area contributed by atoms with E-state index in [2.05, 4.69) is 48.4 Å². The van der Waals surface area contributed by atoms with Gasteiger partial charge in [0.2, 0.25) is 0 Å². The minimum Gasteiger partial charge on any atom is -0.325 e. The van der Waals surface area contributed by atoms with E-state index in [1.807, 2.05) is 4.68 Å².